The third kappa shape index (κ3) is 1.20. The molecule has 1 aliphatic heterocycles. The minimum absolute atomic E-state index is 0.503. The van der Waals surface area contributed by atoms with Gasteiger partial charge in [-0.15, -0.1) is 0 Å². The summed E-state index contributed by atoms with van der Waals surface area (Å²) in [5, 5.41) is 0. The van der Waals surface area contributed by atoms with Crippen LogP contribution in [0.25, 0.3) is 0 Å². The molecule has 1 heterocycles. The van der Waals surface area contributed by atoms with Crippen LogP contribution < -0.4 is 0 Å². The Morgan fingerprint density at radius 1 is 1.75 bits per heavy atom. The first-order chi connectivity index (χ1) is 3.80. The predicted octanol–water partition coefficient (Wildman–Crippen LogP) is 0.499. The summed E-state index contributed by atoms with van der Waals surface area (Å²) in [6.07, 6.45) is 0. The van der Waals surface area contributed by atoms with E-state index < -0.39 is 0 Å². The average Bonchev–Trinajstić information content (AvgIpc) is 1.77. The molecule has 0 unspecified atom stereocenters. The number of nitrogens with zero attached hydrogens (tertiary/aromatic N) is 1. The maximum absolute atomic E-state index is 5.17. The Morgan fingerprint density at radius 3 is 2.88 bits per heavy atom. The van der Waals surface area contributed by atoms with Gasteiger partial charge in [-0.05, 0) is 6.92 Å². The molecule has 0 bridgehead atoms. The van der Waals surface area contributed by atoms with Gasteiger partial charge in [-0.1, -0.05) is 0 Å². The van der Waals surface area contributed by atoms with Crippen LogP contribution in [0.4, 0.5) is 0 Å². The molecule has 0 aromatic heterocycles. The lowest BCUT2D eigenvalue weighted by atomic mass is 10.3. The molecule has 0 spiro atoms. The molecule has 0 amide bonds. The highest BCUT2D eigenvalue weighted by atomic mass is 16.5. The molecule has 1 fully saturated rings. The van der Waals surface area contributed by atoms with Crippen LogP contribution in [-0.2, 0) is 4.74 Å². The van der Waals surface area contributed by atoms with Gasteiger partial charge >= 0.3 is 0 Å². The standard InChI is InChI=1S/C6H12NO/c1-6-5-8-4-3-7(6)2/h6H,2-5H2,1H3/t6-/m1/s1. The largest absolute Gasteiger partial charge is 0.379 e. The molecule has 0 aromatic carbocycles. The topological polar surface area (TPSA) is 12.5 Å². The van der Waals surface area contributed by atoms with E-state index in [1.54, 1.807) is 0 Å². The first kappa shape index (κ1) is 6.05. The van der Waals surface area contributed by atoms with E-state index in [1.165, 1.54) is 0 Å². The Bertz CT molecular complexity index is 64.9. The first-order valence-corrected chi connectivity index (χ1v) is 2.95. The van der Waals surface area contributed by atoms with Crippen LogP contribution in [0.3, 0.4) is 0 Å². The van der Waals surface area contributed by atoms with Crippen LogP contribution in [0.2, 0.25) is 0 Å². The van der Waals surface area contributed by atoms with Gasteiger partial charge in [0.2, 0.25) is 0 Å². The van der Waals surface area contributed by atoms with Gasteiger partial charge in [0, 0.05) is 19.6 Å². The molecule has 0 N–H and O–H groups in total. The van der Waals surface area contributed by atoms with Crippen molar-refractivity contribution >= 4 is 0 Å². The van der Waals surface area contributed by atoms with Gasteiger partial charge in [0.25, 0.3) is 0 Å². The quantitative estimate of drug-likeness (QED) is 0.454. The second kappa shape index (κ2) is 2.46. The molecule has 47 valence electrons. The highest BCUT2D eigenvalue weighted by molar-refractivity contribution is 4.68. The van der Waals surface area contributed by atoms with Crippen molar-refractivity contribution in [1.29, 1.82) is 0 Å². The maximum Gasteiger partial charge on any atom is 0.0619 e. The van der Waals surface area contributed by atoms with Crippen molar-refractivity contribution in [3.05, 3.63) is 7.05 Å². The van der Waals surface area contributed by atoms with Crippen LogP contribution >= 0.6 is 0 Å². The molecule has 1 atom stereocenters. The Labute approximate surface area is 50.4 Å². The summed E-state index contributed by atoms with van der Waals surface area (Å²) in [5.41, 5.74) is 0. The fourth-order valence-electron chi connectivity index (χ4n) is 0.761. The number of hydrogen-bond donors (Lipinski definition) is 0. The Hall–Kier alpha value is -0.0800. The summed E-state index contributed by atoms with van der Waals surface area (Å²) in [4.78, 5) is 2.06. The van der Waals surface area contributed by atoms with E-state index in [-0.39, 0.29) is 0 Å². The molecule has 0 aromatic rings. The minimum atomic E-state index is 0.503. The number of rotatable bonds is 0. The molecule has 1 saturated heterocycles. The number of morpholine rings is 1. The van der Waals surface area contributed by atoms with Gasteiger partial charge in [0.15, 0.2) is 0 Å². The summed E-state index contributed by atoms with van der Waals surface area (Å²) in [6, 6.07) is 0.503. The Morgan fingerprint density at radius 2 is 2.50 bits per heavy atom. The van der Waals surface area contributed by atoms with Gasteiger partial charge in [-0.25, -0.2) is 0 Å². The van der Waals surface area contributed by atoms with E-state index >= 15 is 0 Å². The van der Waals surface area contributed by atoms with E-state index in [0.29, 0.717) is 6.04 Å². The average molecular weight is 114 g/mol. The smallest absolute Gasteiger partial charge is 0.0619 e. The van der Waals surface area contributed by atoms with Crippen LogP contribution in [-0.4, -0.2) is 30.7 Å². The van der Waals surface area contributed by atoms with Crippen molar-refractivity contribution < 1.29 is 4.74 Å². The van der Waals surface area contributed by atoms with Crippen molar-refractivity contribution in [2.24, 2.45) is 0 Å². The monoisotopic (exact) mass is 114 g/mol. The predicted molar refractivity (Wildman–Crippen MR) is 32.3 cm³/mol. The number of hydrogen-bond acceptors (Lipinski definition) is 2. The number of ether oxygens (including phenoxy) is 1. The van der Waals surface area contributed by atoms with E-state index in [2.05, 4.69) is 18.9 Å². The molecule has 1 rings (SSSR count). The van der Waals surface area contributed by atoms with E-state index in [0.717, 1.165) is 19.8 Å². The van der Waals surface area contributed by atoms with Crippen molar-refractivity contribution in [1.82, 2.24) is 4.90 Å². The lowest BCUT2D eigenvalue weighted by Crippen LogP contribution is -2.39. The molecule has 0 aliphatic carbocycles. The van der Waals surface area contributed by atoms with Crippen molar-refractivity contribution in [2.75, 3.05) is 19.8 Å². The van der Waals surface area contributed by atoms with E-state index in [1.807, 2.05) is 0 Å². The molecular formula is C6H12NO. The van der Waals surface area contributed by atoms with E-state index in [4.69, 9.17) is 4.74 Å². The third-order valence-electron chi connectivity index (χ3n) is 1.51. The molecule has 0 saturated carbocycles. The van der Waals surface area contributed by atoms with Crippen molar-refractivity contribution in [3.63, 3.8) is 0 Å². The Kier molecular flexibility index (Phi) is 1.86. The highest BCUT2D eigenvalue weighted by Gasteiger charge is 2.13. The second-order valence-corrected chi connectivity index (χ2v) is 2.24. The summed E-state index contributed by atoms with van der Waals surface area (Å²) in [5.74, 6) is 0. The molecule has 1 radical (unpaired) electrons. The normalized spacial score (nSPS) is 33.0. The van der Waals surface area contributed by atoms with Gasteiger partial charge in [0.1, 0.15) is 0 Å². The molecule has 1 aliphatic rings. The van der Waals surface area contributed by atoms with Crippen LogP contribution in [0, 0.1) is 7.05 Å². The highest BCUT2D eigenvalue weighted by Crippen LogP contribution is 2.02. The minimum Gasteiger partial charge on any atom is -0.379 e. The lowest BCUT2D eigenvalue weighted by molar-refractivity contribution is 0.0217. The van der Waals surface area contributed by atoms with Crippen molar-refractivity contribution in [2.45, 2.75) is 13.0 Å². The van der Waals surface area contributed by atoms with Gasteiger partial charge < -0.3 is 4.74 Å². The van der Waals surface area contributed by atoms with E-state index in [9.17, 15) is 0 Å². The zero-order chi connectivity index (χ0) is 5.98. The summed E-state index contributed by atoms with van der Waals surface area (Å²) in [7, 11) is 3.83. The third-order valence-corrected chi connectivity index (χ3v) is 1.51. The summed E-state index contributed by atoms with van der Waals surface area (Å²) < 4.78 is 5.17. The summed E-state index contributed by atoms with van der Waals surface area (Å²) >= 11 is 0. The fraction of sp³-hybridized carbons (Fsp3) is 0.833. The fourth-order valence-corrected chi connectivity index (χ4v) is 0.761. The zero-order valence-corrected chi connectivity index (χ0v) is 5.26. The first-order valence-electron chi connectivity index (χ1n) is 2.95. The van der Waals surface area contributed by atoms with Gasteiger partial charge in [-0.2, -0.15) is 0 Å². The van der Waals surface area contributed by atoms with Gasteiger partial charge in [0.05, 0.1) is 13.2 Å². The van der Waals surface area contributed by atoms with Gasteiger partial charge in [-0.3, -0.25) is 4.90 Å². The van der Waals surface area contributed by atoms with Crippen LogP contribution in [0.5, 0.6) is 0 Å². The maximum atomic E-state index is 5.17. The zero-order valence-electron chi connectivity index (χ0n) is 5.26. The molecule has 2 heteroatoms. The Balaban J connectivity index is 2.28. The van der Waals surface area contributed by atoms with Crippen LogP contribution in [0.1, 0.15) is 6.92 Å². The summed E-state index contributed by atoms with van der Waals surface area (Å²) in [6.45, 7) is 4.77. The van der Waals surface area contributed by atoms with Crippen molar-refractivity contribution in [3.8, 4) is 0 Å². The SMILES string of the molecule is [CH2]N1CCOC[C@H]1C. The van der Waals surface area contributed by atoms with Crippen LogP contribution in [0.15, 0.2) is 0 Å². The lowest BCUT2D eigenvalue weighted by Gasteiger charge is -2.28. The second-order valence-electron chi connectivity index (χ2n) is 2.24. The molecule has 8 heavy (non-hydrogen) atoms. The molecular weight excluding hydrogens is 102 g/mol. The molecule has 2 nitrogen and oxygen atoms in total.